The number of piperidine rings is 1. The summed E-state index contributed by atoms with van der Waals surface area (Å²) in [5.41, 5.74) is 1.95. The van der Waals surface area contributed by atoms with Crippen LogP contribution in [0.5, 0.6) is 0 Å². The summed E-state index contributed by atoms with van der Waals surface area (Å²) in [4.78, 5) is 23.8. The molecular formula is C16H23N3O2. The van der Waals surface area contributed by atoms with Crippen LogP contribution in [0.1, 0.15) is 25.3 Å². The van der Waals surface area contributed by atoms with Gasteiger partial charge in [-0.05, 0) is 50.0 Å². The fourth-order valence-corrected chi connectivity index (χ4v) is 2.47. The first-order chi connectivity index (χ1) is 10.2. The number of carbonyl (C=O) groups excluding carboxylic acids is 2. The van der Waals surface area contributed by atoms with E-state index in [2.05, 4.69) is 22.9 Å². The van der Waals surface area contributed by atoms with Gasteiger partial charge in [-0.2, -0.15) is 0 Å². The minimum Gasteiger partial charge on any atom is -0.347 e. The molecule has 2 amide bonds. The molecule has 1 aromatic rings. The number of carbonyl (C=O) groups is 2. The molecule has 21 heavy (non-hydrogen) atoms. The van der Waals surface area contributed by atoms with E-state index < -0.39 is 0 Å². The maximum Gasteiger partial charge on any atom is 0.243 e. The number of benzene rings is 1. The van der Waals surface area contributed by atoms with Gasteiger partial charge < -0.3 is 16.0 Å². The normalized spacial score (nSPS) is 15.5. The van der Waals surface area contributed by atoms with Crippen LogP contribution in [0.25, 0.3) is 0 Å². The SMILES string of the molecule is CCc1cccc(NC(=O)CNC(=O)C2CCNCC2)c1. The second-order valence-corrected chi connectivity index (χ2v) is 5.34. The molecule has 2 rings (SSSR count). The second kappa shape index (κ2) is 7.78. The van der Waals surface area contributed by atoms with Crippen molar-refractivity contribution in [1.82, 2.24) is 10.6 Å². The minimum atomic E-state index is -0.189. The van der Waals surface area contributed by atoms with Crippen LogP contribution in [0.4, 0.5) is 5.69 Å². The third-order valence-electron chi connectivity index (χ3n) is 3.75. The molecule has 0 saturated carbocycles. The fourth-order valence-electron chi connectivity index (χ4n) is 2.47. The Hall–Kier alpha value is -1.88. The van der Waals surface area contributed by atoms with Gasteiger partial charge in [0.1, 0.15) is 0 Å². The van der Waals surface area contributed by atoms with Crippen molar-refractivity contribution >= 4 is 17.5 Å². The number of rotatable bonds is 5. The lowest BCUT2D eigenvalue weighted by Gasteiger charge is -2.21. The van der Waals surface area contributed by atoms with Crippen molar-refractivity contribution in [1.29, 1.82) is 0 Å². The van der Waals surface area contributed by atoms with E-state index in [0.29, 0.717) is 0 Å². The Morgan fingerprint density at radius 2 is 2.05 bits per heavy atom. The van der Waals surface area contributed by atoms with Crippen molar-refractivity contribution in [2.45, 2.75) is 26.2 Å². The average molecular weight is 289 g/mol. The Kier molecular flexibility index (Phi) is 5.75. The lowest BCUT2D eigenvalue weighted by atomic mass is 9.97. The molecule has 5 heteroatoms. The zero-order chi connectivity index (χ0) is 15.1. The predicted octanol–water partition coefficient (Wildman–Crippen LogP) is 1.30. The van der Waals surface area contributed by atoms with E-state index in [-0.39, 0.29) is 24.3 Å². The van der Waals surface area contributed by atoms with Crippen LogP contribution in [0.2, 0.25) is 0 Å². The monoisotopic (exact) mass is 289 g/mol. The first-order valence-corrected chi connectivity index (χ1v) is 7.56. The van der Waals surface area contributed by atoms with E-state index in [9.17, 15) is 9.59 Å². The van der Waals surface area contributed by atoms with Gasteiger partial charge >= 0.3 is 0 Å². The van der Waals surface area contributed by atoms with Crippen molar-refractivity contribution < 1.29 is 9.59 Å². The molecule has 3 N–H and O–H groups in total. The van der Waals surface area contributed by atoms with E-state index in [0.717, 1.165) is 38.0 Å². The van der Waals surface area contributed by atoms with Crippen LogP contribution in [-0.4, -0.2) is 31.4 Å². The second-order valence-electron chi connectivity index (χ2n) is 5.34. The maximum atomic E-state index is 11.9. The standard InChI is InChI=1S/C16H23N3O2/c1-2-12-4-3-5-14(10-12)19-15(20)11-18-16(21)13-6-8-17-9-7-13/h3-5,10,13,17H,2,6-9,11H2,1H3,(H,18,21)(H,19,20). The number of aryl methyl sites for hydroxylation is 1. The Morgan fingerprint density at radius 3 is 2.76 bits per heavy atom. The summed E-state index contributed by atoms with van der Waals surface area (Å²) < 4.78 is 0. The summed E-state index contributed by atoms with van der Waals surface area (Å²) in [5, 5.41) is 8.75. The molecule has 0 unspecified atom stereocenters. The highest BCUT2D eigenvalue weighted by Gasteiger charge is 2.20. The van der Waals surface area contributed by atoms with Gasteiger partial charge in [-0.1, -0.05) is 19.1 Å². The topological polar surface area (TPSA) is 70.2 Å². The molecule has 5 nitrogen and oxygen atoms in total. The molecule has 0 atom stereocenters. The number of amides is 2. The lowest BCUT2D eigenvalue weighted by Crippen LogP contribution is -2.41. The molecule has 1 fully saturated rings. The van der Waals surface area contributed by atoms with Crippen LogP contribution in [-0.2, 0) is 16.0 Å². The van der Waals surface area contributed by atoms with Crippen molar-refractivity contribution in [3.63, 3.8) is 0 Å². The molecular weight excluding hydrogens is 266 g/mol. The fraction of sp³-hybridized carbons (Fsp3) is 0.500. The summed E-state index contributed by atoms with van der Waals surface area (Å²) in [7, 11) is 0. The van der Waals surface area contributed by atoms with Gasteiger partial charge in [-0.15, -0.1) is 0 Å². The van der Waals surface area contributed by atoms with Crippen LogP contribution >= 0.6 is 0 Å². The molecule has 1 aliphatic heterocycles. The first kappa shape index (κ1) is 15.5. The summed E-state index contributed by atoms with van der Waals surface area (Å²) in [6.07, 6.45) is 2.61. The van der Waals surface area contributed by atoms with Crippen molar-refractivity contribution in [2.24, 2.45) is 5.92 Å². The summed E-state index contributed by atoms with van der Waals surface area (Å²) in [6.45, 7) is 3.83. The molecule has 0 spiro atoms. The van der Waals surface area contributed by atoms with Crippen molar-refractivity contribution in [3.05, 3.63) is 29.8 Å². The quantitative estimate of drug-likeness (QED) is 0.765. The molecule has 0 aliphatic carbocycles. The van der Waals surface area contributed by atoms with E-state index in [1.54, 1.807) is 0 Å². The third-order valence-corrected chi connectivity index (χ3v) is 3.75. The van der Waals surface area contributed by atoms with E-state index in [4.69, 9.17) is 0 Å². The minimum absolute atomic E-state index is 0.0195. The Balaban J connectivity index is 1.77. The van der Waals surface area contributed by atoms with Crippen LogP contribution in [0.15, 0.2) is 24.3 Å². The molecule has 0 aromatic heterocycles. The molecule has 114 valence electrons. The zero-order valence-corrected chi connectivity index (χ0v) is 12.4. The van der Waals surface area contributed by atoms with Gasteiger partial charge in [0.05, 0.1) is 6.54 Å². The molecule has 1 heterocycles. The van der Waals surface area contributed by atoms with Gasteiger partial charge in [0.2, 0.25) is 11.8 Å². The summed E-state index contributed by atoms with van der Waals surface area (Å²) in [6, 6.07) is 7.74. The molecule has 0 bridgehead atoms. The number of anilines is 1. The zero-order valence-electron chi connectivity index (χ0n) is 12.4. The van der Waals surface area contributed by atoms with Gasteiger partial charge in [0, 0.05) is 11.6 Å². The van der Waals surface area contributed by atoms with Gasteiger partial charge in [0.15, 0.2) is 0 Å². The highest BCUT2D eigenvalue weighted by molar-refractivity contribution is 5.94. The van der Waals surface area contributed by atoms with Gasteiger partial charge in [0.25, 0.3) is 0 Å². The van der Waals surface area contributed by atoms with E-state index >= 15 is 0 Å². The third kappa shape index (κ3) is 4.86. The Labute approximate surface area is 125 Å². The smallest absolute Gasteiger partial charge is 0.243 e. The molecule has 0 radical (unpaired) electrons. The highest BCUT2D eigenvalue weighted by Crippen LogP contribution is 2.12. The van der Waals surface area contributed by atoms with Crippen LogP contribution < -0.4 is 16.0 Å². The summed E-state index contributed by atoms with van der Waals surface area (Å²) in [5.74, 6) is -0.179. The lowest BCUT2D eigenvalue weighted by molar-refractivity contribution is -0.127. The Bertz CT molecular complexity index is 496. The van der Waals surface area contributed by atoms with Gasteiger partial charge in [-0.3, -0.25) is 9.59 Å². The predicted molar refractivity (Wildman–Crippen MR) is 83.1 cm³/mol. The number of hydrogen-bond donors (Lipinski definition) is 3. The number of hydrogen-bond acceptors (Lipinski definition) is 3. The maximum absolute atomic E-state index is 11.9. The van der Waals surface area contributed by atoms with Crippen LogP contribution in [0, 0.1) is 5.92 Å². The largest absolute Gasteiger partial charge is 0.347 e. The van der Waals surface area contributed by atoms with Crippen LogP contribution in [0.3, 0.4) is 0 Å². The van der Waals surface area contributed by atoms with E-state index in [1.807, 2.05) is 24.3 Å². The van der Waals surface area contributed by atoms with Crippen molar-refractivity contribution in [3.8, 4) is 0 Å². The summed E-state index contributed by atoms with van der Waals surface area (Å²) >= 11 is 0. The Morgan fingerprint density at radius 1 is 1.29 bits per heavy atom. The highest BCUT2D eigenvalue weighted by atomic mass is 16.2. The van der Waals surface area contributed by atoms with Crippen molar-refractivity contribution in [2.75, 3.05) is 25.0 Å². The van der Waals surface area contributed by atoms with E-state index in [1.165, 1.54) is 5.56 Å². The number of nitrogens with one attached hydrogen (secondary N) is 3. The molecule has 1 aliphatic rings. The average Bonchev–Trinajstić information content (AvgIpc) is 2.53. The first-order valence-electron chi connectivity index (χ1n) is 7.56. The molecule has 1 saturated heterocycles. The molecule has 1 aromatic carbocycles. The van der Waals surface area contributed by atoms with Gasteiger partial charge in [-0.25, -0.2) is 0 Å².